The molecule has 1 heterocycles. The monoisotopic (exact) mass is 300 g/mol. The van der Waals surface area contributed by atoms with Crippen molar-refractivity contribution in [3.05, 3.63) is 28.7 Å². The molecular weight excluding hydrogens is 288 g/mol. The number of rotatable bonds is 2. The van der Waals surface area contributed by atoms with Crippen molar-refractivity contribution < 1.29 is 4.79 Å². The Hall–Kier alpha value is -0.520. The maximum absolute atomic E-state index is 11.5. The Kier molecular flexibility index (Phi) is 3.89. The van der Waals surface area contributed by atoms with Gasteiger partial charge in [0.05, 0.1) is 6.54 Å². The molecule has 0 radical (unpaired) electrons. The molecule has 0 atom stereocenters. The average Bonchev–Trinajstić information content (AvgIpc) is 2.24. The zero-order valence-corrected chi connectivity index (χ0v) is 11.4. The topological polar surface area (TPSA) is 23.6 Å². The van der Waals surface area contributed by atoms with E-state index in [-0.39, 0.29) is 5.91 Å². The molecule has 1 saturated heterocycles. The van der Waals surface area contributed by atoms with Crippen LogP contribution in [0.25, 0.3) is 0 Å². The second-order valence-corrected chi connectivity index (χ2v) is 5.81. The summed E-state index contributed by atoms with van der Waals surface area (Å²) in [6.45, 7) is 2.22. The van der Waals surface area contributed by atoms with Crippen LogP contribution in [0, 0.1) is 0 Å². The predicted octanol–water partition coefficient (Wildman–Crippen LogP) is 2.23. The van der Waals surface area contributed by atoms with Crippen LogP contribution in [0.3, 0.4) is 0 Å². The molecule has 1 fully saturated rings. The van der Waals surface area contributed by atoms with Crippen molar-refractivity contribution in [2.45, 2.75) is 4.90 Å². The number of nitrogens with zero attached hydrogens (tertiary/aromatic N) is 2. The molecule has 0 aliphatic carbocycles. The first-order valence-electron chi connectivity index (χ1n) is 5.07. The number of carbonyl (C=O) groups excluding carboxylic acids is 1. The van der Waals surface area contributed by atoms with E-state index in [1.807, 2.05) is 19.2 Å². The van der Waals surface area contributed by atoms with Crippen LogP contribution in [0.2, 0.25) is 0 Å². The van der Waals surface area contributed by atoms with E-state index < -0.39 is 0 Å². The molecule has 0 spiro atoms. The molecule has 1 aliphatic rings. The van der Waals surface area contributed by atoms with Gasteiger partial charge in [0.25, 0.3) is 0 Å². The second-order valence-electron chi connectivity index (χ2n) is 3.73. The standard InChI is InChI=1S/C11H13BrN2OS/c1-13-5-6-14(8-11(13)15)16-10-4-2-3-9(12)7-10/h2-4,7H,5-6,8H2,1H3. The maximum atomic E-state index is 11.5. The number of benzene rings is 1. The summed E-state index contributed by atoms with van der Waals surface area (Å²) in [7, 11) is 1.85. The molecular formula is C11H13BrN2OS. The Bertz CT molecular complexity index is 399. The van der Waals surface area contributed by atoms with E-state index in [4.69, 9.17) is 0 Å². The van der Waals surface area contributed by atoms with Gasteiger partial charge in [-0.1, -0.05) is 22.0 Å². The number of halogens is 1. The second kappa shape index (κ2) is 5.21. The summed E-state index contributed by atoms with van der Waals surface area (Å²) >= 11 is 5.08. The number of amides is 1. The van der Waals surface area contributed by atoms with Gasteiger partial charge >= 0.3 is 0 Å². The van der Waals surface area contributed by atoms with Crippen molar-refractivity contribution in [1.82, 2.24) is 9.21 Å². The van der Waals surface area contributed by atoms with Gasteiger partial charge < -0.3 is 4.90 Å². The highest BCUT2D eigenvalue weighted by Crippen LogP contribution is 2.26. The Morgan fingerprint density at radius 3 is 2.88 bits per heavy atom. The third-order valence-electron chi connectivity index (χ3n) is 2.45. The first kappa shape index (κ1) is 12.0. The number of piperazine rings is 1. The van der Waals surface area contributed by atoms with E-state index in [1.165, 1.54) is 0 Å². The van der Waals surface area contributed by atoms with Gasteiger partial charge in [-0.3, -0.25) is 4.79 Å². The molecule has 0 saturated carbocycles. The normalized spacial score (nSPS) is 17.9. The van der Waals surface area contributed by atoms with Crippen LogP contribution in [0.5, 0.6) is 0 Å². The van der Waals surface area contributed by atoms with Crippen molar-refractivity contribution in [3.63, 3.8) is 0 Å². The predicted molar refractivity (Wildman–Crippen MR) is 69.2 cm³/mol. The number of likely N-dealkylation sites (N-methyl/N-ethyl adjacent to an activating group) is 1. The van der Waals surface area contributed by atoms with Crippen molar-refractivity contribution in [3.8, 4) is 0 Å². The largest absolute Gasteiger partial charge is 0.343 e. The van der Waals surface area contributed by atoms with Crippen molar-refractivity contribution in [2.24, 2.45) is 0 Å². The fraction of sp³-hybridized carbons (Fsp3) is 0.364. The van der Waals surface area contributed by atoms with E-state index in [1.54, 1.807) is 16.8 Å². The lowest BCUT2D eigenvalue weighted by molar-refractivity contribution is -0.132. The fourth-order valence-electron chi connectivity index (χ4n) is 1.49. The molecule has 0 aromatic heterocycles. The Labute approximate surface area is 108 Å². The molecule has 1 aliphatic heterocycles. The number of hydrogen-bond donors (Lipinski definition) is 0. The van der Waals surface area contributed by atoms with Crippen LogP contribution in [0.1, 0.15) is 0 Å². The molecule has 86 valence electrons. The van der Waals surface area contributed by atoms with Gasteiger partial charge in [0.15, 0.2) is 0 Å². The highest BCUT2D eigenvalue weighted by molar-refractivity contribution is 9.10. The van der Waals surface area contributed by atoms with Gasteiger partial charge in [-0.05, 0) is 30.1 Å². The van der Waals surface area contributed by atoms with Crippen LogP contribution in [-0.2, 0) is 4.79 Å². The van der Waals surface area contributed by atoms with E-state index >= 15 is 0 Å². The Morgan fingerprint density at radius 2 is 2.19 bits per heavy atom. The van der Waals surface area contributed by atoms with E-state index in [2.05, 4.69) is 32.4 Å². The quantitative estimate of drug-likeness (QED) is 0.783. The van der Waals surface area contributed by atoms with Crippen molar-refractivity contribution in [2.75, 3.05) is 26.7 Å². The lowest BCUT2D eigenvalue weighted by Crippen LogP contribution is -2.45. The van der Waals surface area contributed by atoms with Gasteiger partial charge in [0, 0.05) is 29.5 Å². The SMILES string of the molecule is CN1CCN(Sc2cccc(Br)c2)CC1=O. The van der Waals surface area contributed by atoms with Crippen LogP contribution in [-0.4, -0.2) is 41.8 Å². The minimum Gasteiger partial charge on any atom is -0.343 e. The molecule has 16 heavy (non-hydrogen) atoms. The molecule has 0 unspecified atom stereocenters. The molecule has 5 heteroatoms. The van der Waals surface area contributed by atoms with Gasteiger partial charge in [0.1, 0.15) is 0 Å². The Balaban J connectivity index is 1.98. The summed E-state index contributed by atoms with van der Waals surface area (Å²) in [5.74, 6) is 0.189. The summed E-state index contributed by atoms with van der Waals surface area (Å²) in [5, 5.41) is 0. The summed E-state index contributed by atoms with van der Waals surface area (Å²) in [6.07, 6.45) is 0. The van der Waals surface area contributed by atoms with E-state index in [9.17, 15) is 4.79 Å². The van der Waals surface area contributed by atoms with E-state index in [0.717, 1.165) is 22.5 Å². The van der Waals surface area contributed by atoms with Crippen LogP contribution >= 0.6 is 27.9 Å². The lowest BCUT2D eigenvalue weighted by atomic mass is 10.4. The third-order valence-corrected chi connectivity index (χ3v) is 3.98. The summed E-state index contributed by atoms with van der Waals surface area (Å²) in [5.41, 5.74) is 0. The Morgan fingerprint density at radius 1 is 1.38 bits per heavy atom. The first-order chi connectivity index (χ1) is 7.65. The average molecular weight is 301 g/mol. The van der Waals surface area contributed by atoms with Crippen LogP contribution in [0.4, 0.5) is 0 Å². The lowest BCUT2D eigenvalue weighted by Gasteiger charge is -2.30. The van der Waals surface area contributed by atoms with Gasteiger partial charge in [-0.25, -0.2) is 4.31 Å². The number of hydrogen-bond acceptors (Lipinski definition) is 3. The van der Waals surface area contributed by atoms with Crippen molar-refractivity contribution >= 4 is 33.8 Å². The zero-order chi connectivity index (χ0) is 11.5. The molecule has 0 bridgehead atoms. The highest BCUT2D eigenvalue weighted by Gasteiger charge is 2.21. The highest BCUT2D eigenvalue weighted by atomic mass is 79.9. The fourth-order valence-corrected chi connectivity index (χ4v) is 3.00. The summed E-state index contributed by atoms with van der Waals surface area (Å²) < 4.78 is 3.17. The smallest absolute Gasteiger partial charge is 0.237 e. The number of carbonyl (C=O) groups is 1. The van der Waals surface area contributed by atoms with Gasteiger partial charge in [-0.15, -0.1) is 0 Å². The molecule has 1 aromatic carbocycles. The first-order valence-corrected chi connectivity index (χ1v) is 6.64. The minimum absolute atomic E-state index is 0.189. The molecule has 1 amide bonds. The van der Waals surface area contributed by atoms with Crippen molar-refractivity contribution in [1.29, 1.82) is 0 Å². The van der Waals surface area contributed by atoms with Gasteiger partial charge in [0.2, 0.25) is 5.91 Å². The van der Waals surface area contributed by atoms with Gasteiger partial charge in [-0.2, -0.15) is 0 Å². The van der Waals surface area contributed by atoms with E-state index in [0.29, 0.717) is 6.54 Å². The third kappa shape index (κ3) is 2.99. The molecule has 0 N–H and O–H groups in total. The molecule has 1 aromatic rings. The maximum Gasteiger partial charge on any atom is 0.237 e. The zero-order valence-electron chi connectivity index (χ0n) is 9.02. The van der Waals surface area contributed by atoms with Crippen LogP contribution < -0.4 is 0 Å². The summed E-state index contributed by atoms with van der Waals surface area (Å²) in [6, 6.07) is 8.12. The minimum atomic E-state index is 0.189. The van der Waals surface area contributed by atoms with Crippen LogP contribution in [0.15, 0.2) is 33.6 Å². The summed E-state index contributed by atoms with van der Waals surface area (Å²) in [4.78, 5) is 14.5. The molecule has 3 nitrogen and oxygen atoms in total. The molecule has 2 rings (SSSR count).